The maximum Gasteiger partial charge on any atom is 0.325 e. The topological polar surface area (TPSA) is 98.7 Å². The predicted molar refractivity (Wildman–Crippen MR) is 144 cm³/mol. The molecule has 1 aromatic heterocycles. The van der Waals surface area contributed by atoms with Gasteiger partial charge in [-0.1, -0.05) is 36.8 Å². The molecule has 1 aromatic carbocycles. The number of nitrogens with zero attached hydrogens (tertiary/aromatic N) is 5. The molecule has 2 aliphatic carbocycles. The molecule has 1 saturated heterocycles. The number of aromatic nitrogens is 2. The summed E-state index contributed by atoms with van der Waals surface area (Å²) in [5.41, 5.74) is 1.51. The second kappa shape index (κ2) is 9.54. The standard InChI is InChI=1S/C27H38N6O3S/c1-28-23-22(17-29-24(30-23)37(4,35)36)32-19-26(33(25(32)34)18-20-9-8-10-20)13-15-27(16-14-26,31(2)3)21-11-6-5-7-12-21/h5-7,11-12,17,20H,8-10,13-16,18-19H2,1-4H3,(H,28,29,30)/t26-,27+. The van der Waals surface area contributed by atoms with Crippen LogP contribution in [-0.2, 0) is 15.4 Å². The van der Waals surface area contributed by atoms with Crippen molar-refractivity contribution in [3.63, 3.8) is 0 Å². The first-order valence-corrected chi connectivity index (χ1v) is 15.1. The molecule has 0 radical (unpaired) electrons. The van der Waals surface area contributed by atoms with E-state index in [0.717, 1.165) is 38.5 Å². The lowest BCUT2D eigenvalue weighted by atomic mass is 9.68. The van der Waals surface area contributed by atoms with Crippen molar-refractivity contribution in [3.05, 3.63) is 42.1 Å². The zero-order valence-electron chi connectivity index (χ0n) is 22.3. The summed E-state index contributed by atoms with van der Waals surface area (Å²) in [4.78, 5) is 28.6. The highest BCUT2D eigenvalue weighted by Crippen LogP contribution is 2.50. The van der Waals surface area contributed by atoms with Gasteiger partial charge in [-0.2, -0.15) is 4.98 Å². The molecule has 37 heavy (non-hydrogen) atoms. The number of benzene rings is 1. The van der Waals surface area contributed by atoms with Crippen molar-refractivity contribution in [3.8, 4) is 0 Å². The molecule has 2 aromatic rings. The minimum absolute atomic E-state index is 0.0313. The lowest BCUT2D eigenvalue weighted by Crippen LogP contribution is -2.56. The van der Waals surface area contributed by atoms with Gasteiger partial charge in [0.05, 0.1) is 18.3 Å². The maximum absolute atomic E-state index is 14.0. The molecule has 2 heterocycles. The third kappa shape index (κ3) is 4.48. The highest BCUT2D eigenvalue weighted by molar-refractivity contribution is 7.90. The van der Waals surface area contributed by atoms with Gasteiger partial charge in [-0.05, 0) is 64.1 Å². The Morgan fingerprint density at radius 3 is 2.32 bits per heavy atom. The molecule has 0 bridgehead atoms. The van der Waals surface area contributed by atoms with Crippen LogP contribution in [0, 0.1) is 5.92 Å². The van der Waals surface area contributed by atoms with Gasteiger partial charge in [0, 0.05) is 25.4 Å². The second-order valence-corrected chi connectivity index (χ2v) is 13.1. The molecule has 200 valence electrons. The summed E-state index contributed by atoms with van der Waals surface area (Å²) in [5, 5.41) is 2.74. The van der Waals surface area contributed by atoms with Crippen molar-refractivity contribution in [1.82, 2.24) is 19.8 Å². The average molecular weight is 527 g/mol. The fourth-order valence-electron chi connectivity index (χ4n) is 6.41. The molecule has 9 nitrogen and oxygen atoms in total. The number of hydrogen-bond acceptors (Lipinski definition) is 7. The quantitative estimate of drug-likeness (QED) is 0.549. The van der Waals surface area contributed by atoms with Crippen LogP contribution in [0.1, 0.15) is 50.5 Å². The van der Waals surface area contributed by atoms with Crippen LogP contribution in [0.25, 0.3) is 0 Å². The monoisotopic (exact) mass is 526 g/mol. The first-order chi connectivity index (χ1) is 17.6. The fraction of sp³-hybridized carbons (Fsp3) is 0.593. The maximum atomic E-state index is 14.0. The van der Waals surface area contributed by atoms with E-state index in [0.29, 0.717) is 24.0 Å². The molecular weight excluding hydrogens is 488 g/mol. The van der Waals surface area contributed by atoms with Gasteiger partial charge in [-0.3, -0.25) is 9.80 Å². The highest BCUT2D eigenvalue weighted by atomic mass is 32.2. The Bertz CT molecular complexity index is 1250. The van der Waals surface area contributed by atoms with Gasteiger partial charge in [-0.15, -0.1) is 0 Å². The molecule has 2 saturated carbocycles. The largest absolute Gasteiger partial charge is 0.371 e. The number of anilines is 2. The third-order valence-corrected chi connectivity index (χ3v) is 9.79. The molecular formula is C27H38N6O3S. The molecule has 1 spiro atoms. The van der Waals surface area contributed by atoms with Crippen LogP contribution in [0.3, 0.4) is 0 Å². The zero-order valence-corrected chi connectivity index (χ0v) is 23.1. The number of amides is 2. The van der Waals surface area contributed by atoms with Crippen LogP contribution in [0.5, 0.6) is 0 Å². The van der Waals surface area contributed by atoms with Crippen molar-refractivity contribution in [2.45, 2.75) is 61.2 Å². The number of carbonyl (C=O) groups is 1. The van der Waals surface area contributed by atoms with Gasteiger partial charge in [-0.25, -0.2) is 18.2 Å². The Morgan fingerprint density at radius 1 is 1.11 bits per heavy atom. The highest BCUT2D eigenvalue weighted by Gasteiger charge is 2.55. The predicted octanol–water partition coefficient (Wildman–Crippen LogP) is 3.73. The van der Waals surface area contributed by atoms with Gasteiger partial charge >= 0.3 is 6.03 Å². The number of sulfone groups is 1. The van der Waals surface area contributed by atoms with Gasteiger partial charge in [0.1, 0.15) is 5.69 Å². The lowest BCUT2D eigenvalue weighted by molar-refractivity contribution is 0.0172. The molecule has 1 N–H and O–H groups in total. The Morgan fingerprint density at radius 2 is 1.78 bits per heavy atom. The van der Waals surface area contributed by atoms with Crippen LogP contribution >= 0.6 is 0 Å². The summed E-state index contributed by atoms with van der Waals surface area (Å²) < 4.78 is 24.1. The van der Waals surface area contributed by atoms with Crippen LogP contribution in [0.4, 0.5) is 16.3 Å². The van der Waals surface area contributed by atoms with Crippen molar-refractivity contribution >= 4 is 27.4 Å². The number of rotatable bonds is 7. The van der Waals surface area contributed by atoms with Crippen LogP contribution in [0.2, 0.25) is 0 Å². The Kier molecular flexibility index (Phi) is 6.68. The summed E-state index contributed by atoms with van der Waals surface area (Å²) in [6.45, 7) is 1.32. The van der Waals surface area contributed by atoms with Crippen LogP contribution in [0.15, 0.2) is 41.7 Å². The van der Waals surface area contributed by atoms with Gasteiger partial charge in [0.2, 0.25) is 15.0 Å². The third-order valence-electron chi connectivity index (χ3n) is 8.93. The molecule has 2 amide bonds. The number of urea groups is 1. The van der Waals surface area contributed by atoms with Gasteiger partial charge in [0.15, 0.2) is 5.82 Å². The van der Waals surface area contributed by atoms with Crippen molar-refractivity contribution in [2.24, 2.45) is 5.92 Å². The SMILES string of the molecule is CNc1nc(S(C)(=O)=O)ncc1N1C[C@]2(CC[C@](c3ccccc3)(N(C)C)CC2)N(CC2CCC2)C1=O. The fourth-order valence-corrected chi connectivity index (χ4v) is 6.91. The molecule has 3 fully saturated rings. The van der Waals surface area contributed by atoms with E-state index < -0.39 is 9.84 Å². The number of hydrogen-bond donors (Lipinski definition) is 1. The Hall–Kier alpha value is -2.72. The number of carbonyl (C=O) groups excluding carboxylic acids is 1. The van der Waals surface area contributed by atoms with Crippen LogP contribution in [-0.4, -0.2) is 80.2 Å². The van der Waals surface area contributed by atoms with Crippen molar-refractivity contribution in [2.75, 3.05) is 50.7 Å². The van der Waals surface area contributed by atoms with Crippen LogP contribution < -0.4 is 10.2 Å². The van der Waals surface area contributed by atoms with Crippen molar-refractivity contribution < 1.29 is 13.2 Å². The van der Waals surface area contributed by atoms with Crippen molar-refractivity contribution in [1.29, 1.82) is 0 Å². The normalized spacial score (nSPS) is 26.7. The summed E-state index contributed by atoms with van der Waals surface area (Å²) in [6.07, 6.45) is 9.82. The van der Waals surface area contributed by atoms with E-state index in [1.165, 1.54) is 31.0 Å². The molecule has 0 unspecified atom stereocenters. The lowest BCUT2D eigenvalue weighted by Gasteiger charge is -2.51. The summed E-state index contributed by atoms with van der Waals surface area (Å²) in [5.74, 6) is 0.898. The first-order valence-electron chi connectivity index (χ1n) is 13.2. The van der Waals surface area contributed by atoms with E-state index in [4.69, 9.17) is 0 Å². The van der Waals surface area contributed by atoms with E-state index in [-0.39, 0.29) is 22.3 Å². The number of nitrogens with one attached hydrogen (secondary N) is 1. The minimum atomic E-state index is -3.57. The second-order valence-electron chi connectivity index (χ2n) is 11.2. The summed E-state index contributed by atoms with van der Waals surface area (Å²) in [6, 6.07) is 10.7. The van der Waals surface area contributed by atoms with E-state index in [9.17, 15) is 13.2 Å². The first kappa shape index (κ1) is 25.9. The molecule has 5 rings (SSSR count). The zero-order chi connectivity index (χ0) is 26.4. The summed E-state index contributed by atoms with van der Waals surface area (Å²) in [7, 11) is 2.43. The average Bonchev–Trinajstić information content (AvgIpc) is 3.12. The Balaban J connectivity index is 1.49. The molecule has 10 heteroatoms. The van der Waals surface area contributed by atoms with E-state index >= 15 is 0 Å². The van der Waals surface area contributed by atoms with E-state index in [1.54, 1.807) is 11.9 Å². The van der Waals surface area contributed by atoms with E-state index in [2.05, 4.69) is 69.5 Å². The van der Waals surface area contributed by atoms with E-state index in [1.807, 2.05) is 0 Å². The Labute approximate surface area is 220 Å². The minimum Gasteiger partial charge on any atom is -0.371 e. The molecule has 0 atom stereocenters. The summed E-state index contributed by atoms with van der Waals surface area (Å²) >= 11 is 0. The molecule has 3 aliphatic rings. The van der Waals surface area contributed by atoms with Gasteiger partial charge < -0.3 is 10.2 Å². The molecule has 1 aliphatic heterocycles. The smallest absolute Gasteiger partial charge is 0.325 e. The van der Waals surface area contributed by atoms with Gasteiger partial charge in [0.25, 0.3) is 0 Å².